The largest absolute Gasteiger partial charge is 0.491 e. The molecule has 0 unspecified atom stereocenters. The predicted molar refractivity (Wildman–Crippen MR) is 81.1 cm³/mol. The number of benzene rings is 1. The van der Waals surface area contributed by atoms with Gasteiger partial charge in [-0.2, -0.15) is 0 Å². The molecular formula is C16H27NO2. The summed E-state index contributed by atoms with van der Waals surface area (Å²) in [6, 6.07) is 8.12. The van der Waals surface area contributed by atoms with Gasteiger partial charge in [-0.05, 0) is 25.5 Å². The van der Waals surface area contributed by atoms with Gasteiger partial charge >= 0.3 is 0 Å². The standard InChI is InChI=1S/C16H27NO2/c1-3-5-6-7-11-17-15-9-8-10-16(14-15)19-13-12-18-4-2/h8-10,14,17H,3-7,11-13H2,1-2H3. The first-order chi connectivity index (χ1) is 9.36. The van der Waals surface area contributed by atoms with Crippen molar-refractivity contribution >= 4 is 5.69 Å². The van der Waals surface area contributed by atoms with Crippen LogP contribution in [-0.2, 0) is 4.74 Å². The highest BCUT2D eigenvalue weighted by Crippen LogP contribution is 2.17. The van der Waals surface area contributed by atoms with Crippen LogP contribution in [0, 0.1) is 0 Å². The molecule has 0 spiro atoms. The second-order valence-corrected chi connectivity index (χ2v) is 4.56. The predicted octanol–water partition coefficient (Wildman–Crippen LogP) is 4.09. The van der Waals surface area contributed by atoms with Crippen molar-refractivity contribution < 1.29 is 9.47 Å². The van der Waals surface area contributed by atoms with E-state index in [1.165, 1.54) is 25.7 Å². The van der Waals surface area contributed by atoms with E-state index in [9.17, 15) is 0 Å². The summed E-state index contributed by atoms with van der Waals surface area (Å²) in [7, 11) is 0. The molecule has 0 atom stereocenters. The molecule has 0 radical (unpaired) electrons. The highest BCUT2D eigenvalue weighted by molar-refractivity contribution is 5.48. The van der Waals surface area contributed by atoms with Crippen molar-refractivity contribution in [2.75, 3.05) is 31.7 Å². The minimum atomic E-state index is 0.605. The molecule has 0 saturated carbocycles. The maximum Gasteiger partial charge on any atom is 0.121 e. The molecule has 3 nitrogen and oxygen atoms in total. The van der Waals surface area contributed by atoms with Crippen LogP contribution < -0.4 is 10.1 Å². The van der Waals surface area contributed by atoms with Gasteiger partial charge in [0.05, 0.1) is 6.61 Å². The summed E-state index contributed by atoms with van der Waals surface area (Å²) in [5.74, 6) is 0.901. The van der Waals surface area contributed by atoms with Crippen LogP contribution in [-0.4, -0.2) is 26.4 Å². The van der Waals surface area contributed by atoms with Crippen molar-refractivity contribution in [3.8, 4) is 5.75 Å². The van der Waals surface area contributed by atoms with E-state index in [1.54, 1.807) is 0 Å². The third kappa shape index (κ3) is 7.73. The number of anilines is 1. The molecule has 0 bridgehead atoms. The van der Waals surface area contributed by atoms with Crippen LogP contribution in [0.5, 0.6) is 5.75 Å². The first-order valence-electron chi connectivity index (χ1n) is 7.41. The summed E-state index contributed by atoms with van der Waals surface area (Å²) >= 11 is 0. The normalized spacial score (nSPS) is 10.4. The molecule has 1 aromatic rings. The van der Waals surface area contributed by atoms with Gasteiger partial charge in [0, 0.05) is 24.9 Å². The Morgan fingerprint density at radius 1 is 1.05 bits per heavy atom. The van der Waals surface area contributed by atoms with E-state index in [0.717, 1.165) is 24.6 Å². The van der Waals surface area contributed by atoms with Crippen LogP contribution >= 0.6 is 0 Å². The van der Waals surface area contributed by atoms with Crippen molar-refractivity contribution in [1.82, 2.24) is 0 Å². The quantitative estimate of drug-likeness (QED) is 0.611. The Morgan fingerprint density at radius 2 is 1.95 bits per heavy atom. The van der Waals surface area contributed by atoms with Crippen molar-refractivity contribution in [3.63, 3.8) is 0 Å². The Hall–Kier alpha value is -1.22. The summed E-state index contributed by atoms with van der Waals surface area (Å²) in [5, 5.41) is 3.43. The summed E-state index contributed by atoms with van der Waals surface area (Å²) in [4.78, 5) is 0. The fraction of sp³-hybridized carbons (Fsp3) is 0.625. The van der Waals surface area contributed by atoms with Gasteiger partial charge in [-0.1, -0.05) is 32.3 Å². The molecule has 0 aliphatic heterocycles. The molecule has 19 heavy (non-hydrogen) atoms. The summed E-state index contributed by atoms with van der Waals surface area (Å²) in [5.41, 5.74) is 1.13. The Bertz CT molecular complexity index is 328. The maximum atomic E-state index is 5.63. The SMILES string of the molecule is CCCCCCNc1cccc(OCCOCC)c1. The Kier molecular flexibility index (Phi) is 8.90. The van der Waals surface area contributed by atoms with E-state index in [1.807, 2.05) is 25.1 Å². The molecule has 0 saturated heterocycles. The highest BCUT2D eigenvalue weighted by Gasteiger charge is 1.97. The van der Waals surface area contributed by atoms with Gasteiger partial charge in [0.15, 0.2) is 0 Å². The van der Waals surface area contributed by atoms with Crippen molar-refractivity contribution in [2.24, 2.45) is 0 Å². The molecule has 0 heterocycles. The lowest BCUT2D eigenvalue weighted by molar-refractivity contribution is 0.110. The molecule has 0 aliphatic carbocycles. The molecule has 0 fully saturated rings. The molecule has 0 aromatic heterocycles. The average Bonchev–Trinajstić information content (AvgIpc) is 2.44. The minimum Gasteiger partial charge on any atom is -0.491 e. The third-order valence-corrected chi connectivity index (χ3v) is 2.89. The Morgan fingerprint density at radius 3 is 2.74 bits per heavy atom. The van der Waals surface area contributed by atoms with E-state index in [2.05, 4.69) is 18.3 Å². The lowest BCUT2D eigenvalue weighted by Gasteiger charge is -2.10. The smallest absolute Gasteiger partial charge is 0.121 e. The molecule has 0 amide bonds. The van der Waals surface area contributed by atoms with Gasteiger partial charge in [0.25, 0.3) is 0 Å². The van der Waals surface area contributed by atoms with Gasteiger partial charge < -0.3 is 14.8 Å². The zero-order chi connectivity index (χ0) is 13.8. The highest BCUT2D eigenvalue weighted by atomic mass is 16.5. The van der Waals surface area contributed by atoms with E-state index in [-0.39, 0.29) is 0 Å². The number of hydrogen-bond donors (Lipinski definition) is 1. The van der Waals surface area contributed by atoms with Crippen molar-refractivity contribution in [2.45, 2.75) is 39.5 Å². The van der Waals surface area contributed by atoms with Gasteiger partial charge in [0.1, 0.15) is 12.4 Å². The van der Waals surface area contributed by atoms with Crippen molar-refractivity contribution in [3.05, 3.63) is 24.3 Å². The van der Waals surface area contributed by atoms with Gasteiger partial charge in [0.2, 0.25) is 0 Å². The molecule has 0 aliphatic rings. The molecule has 1 aromatic carbocycles. The third-order valence-electron chi connectivity index (χ3n) is 2.89. The molecule has 108 valence electrons. The zero-order valence-corrected chi connectivity index (χ0v) is 12.3. The number of ether oxygens (including phenoxy) is 2. The maximum absolute atomic E-state index is 5.63. The molecule has 3 heteroatoms. The second-order valence-electron chi connectivity index (χ2n) is 4.56. The van der Waals surface area contributed by atoms with Crippen LogP contribution in [0.3, 0.4) is 0 Å². The van der Waals surface area contributed by atoms with Crippen LogP contribution in [0.15, 0.2) is 24.3 Å². The molecular weight excluding hydrogens is 238 g/mol. The number of rotatable bonds is 11. The first-order valence-corrected chi connectivity index (χ1v) is 7.41. The average molecular weight is 265 g/mol. The number of nitrogens with one attached hydrogen (secondary N) is 1. The lowest BCUT2D eigenvalue weighted by Crippen LogP contribution is -2.07. The van der Waals surface area contributed by atoms with Crippen LogP contribution in [0.4, 0.5) is 5.69 Å². The molecule has 1 rings (SSSR count). The monoisotopic (exact) mass is 265 g/mol. The summed E-state index contributed by atoms with van der Waals surface area (Å²) in [6.07, 6.45) is 5.13. The Balaban J connectivity index is 2.23. The lowest BCUT2D eigenvalue weighted by atomic mass is 10.2. The second kappa shape index (κ2) is 10.7. The number of hydrogen-bond acceptors (Lipinski definition) is 3. The fourth-order valence-electron chi connectivity index (χ4n) is 1.84. The van der Waals surface area contributed by atoms with E-state index >= 15 is 0 Å². The minimum absolute atomic E-state index is 0.605. The fourth-order valence-corrected chi connectivity index (χ4v) is 1.84. The van der Waals surface area contributed by atoms with Gasteiger partial charge in [-0.25, -0.2) is 0 Å². The summed E-state index contributed by atoms with van der Waals surface area (Å²) in [6.45, 7) is 7.24. The van der Waals surface area contributed by atoms with Crippen LogP contribution in [0.2, 0.25) is 0 Å². The van der Waals surface area contributed by atoms with Crippen LogP contribution in [0.25, 0.3) is 0 Å². The van der Waals surface area contributed by atoms with Crippen molar-refractivity contribution in [1.29, 1.82) is 0 Å². The molecule has 1 N–H and O–H groups in total. The number of unbranched alkanes of at least 4 members (excludes halogenated alkanes) is 3. The zero-order valence-electron chi connectivity index (χ0n) is 12.3. The first kappa shape index (κ1) is 15.8. The van der Waals surface area contributed by atoms with Gasteiger partial charge in [-0.15, -0.1) is 0 Å². The van der Waals surface area contributed by atoms with E-state index in [0.29, 0.717) is 13.2 Å². The summed E-state index contributed by atoms with van der Waals surface area (Å²) < 4.78 is 10.9. The Labute approximate surface area is 117 Å². The topological polar surface area (TPSA) is 30.5 Å². The van der Waals surface area contributed by atoms with E-state index in [4.69, 9.17) is 9.47 Å². The van der Waals surface area contributed by atoms with E-state index < -0.39 is 0 Å². The van der Waals surface area contributed by atoms with Gasteiger partial charge in [-0.3, -0.25) is 0 Å². The van der Waals surface area contributed by atoms with Crippen LogP contribution in [0.1, 0.15) is 39.5 Å².